The Labute approximate surface area is 223 Å². The molecule has 8 nitrogen and oxygen atoms in total. The number of benzene rings is 3. The molecule has 38 heavy (non-hydrogen) atoms. The lowest BCUT2D eigenvalue weighted by atomic mass is 10.2. The summed E-state index contributed by atoms with van der Waals surface area (Å²) >= 11 is 0. The number of anilines is 2. The van der Waals surface area contributed by atoms with Crippen molar-refractivity contribution in [1.29, 1.82) is 0 Å². The highest BCUT2D eigenvalue weighted by Gasteiger charge is 2.25. The Morgan fingerprint density at radius 2 is 1.68 bits per heavy atom. The number of carbonyl (C=O) groups excluding carboxylic acids is 2. The van der Waals surface area contributed by atoms with Crippen LogP contribution in [-0.2, 0) is 9.59 Å². The van der Waals surface area contributed by atoms with Crippen LogP contribution >= 0.6 is 0 Å². The van der Waals surface area contributed by atoms with Gasteiger partial charge in [-0.15, -0.1) is 0 Å². The summed E-state index contributed by atoms with van der Waals surface area (Å²) in [5, 5.41) is 2.92. The third kappa shape index (κ3) is 7.65. The van der Waals surface area contributed by atoms with Crippen molar-refractivity contribution < 1.29 is 28.5 Å². The Morgan fingerprint density at radius 3 is 2.47 bits per heavy atom. The molecule has 1 aliphatic rings. The summed E-state index contributed by atoms with van der Waals surface area (Å²) in [6.45, 7) is 3.59. The van der Waals surface area contributed by atoms with E-state index in [0.29, 0.717) is 49.7 Å². The molecule has 0 spiro atoms. The van der Waals surface area contributed by atoms with E-state index in [-0.39, 0.29) is 18.4 Å². The minimum atomic E-state index is -0.119. The molecule has 0 aromatic heterocycles. The number of fused-ring (bicyclic) bond motifs is 1. The largest absolute Gasteiger partial charge is 0.497 e. The molecule has 0 unspecified atom stereocenters. The number of hydrogen-bond donors (Lipinski definition) is 1. The number of aryl methyl sites for hydroxylation is 1. The van der Waals surface area contributed by atoms with E-state index >= 15 is 0 Å². The van der Waals surface area contributed by atoms with Gasteiger partial charge in [0.2, 0.25) is 5.91 Å². The Kier molecular flexibility index (Phi) is 9.45. The summed E-state index contributed by atoms with van der Waals surface area (Å²) in [7, 11) is 1.61. The van der Waals surface area contributed by atoms with Crippen LogP contribution in [0.15, 0.2) is 66.7 Å². The average molecular weight is 519 g/mol. The first-order valence-electron chi connectivity index (χ1n) is 12.9. The molecule has 1 N–H and O–H groups in total. The van der Waals surface area contributed by atoms with Gasteiger partial charge >= 0.3 is 0 Å². The van der Waals surface area contributed by atoms with Crippen LogP contribution in [0.25, 0.3) is 0 Å². The minimum Gasteiger partial charge on any atom is -0.497 e. The van der Waals surface area contributed by atoms with E-state index in [1.165, 1.54) is 0 Å². The molecule has 3 aromatic rings. The van der Waals surface area contributed by atoms with Gasteiger partial charge in [0.05, 0.1) is 26.0 Å². The van der Waals surface area contributed by atoms with E-state index in [1.807, 2.05) is 55.5 Å². The fourth-order valence-electron chi connectivity index (χ4n) is 4.11. The van der Waals surface area contributed by atoms with E-state index in [4.69, 9.17) is 18.9 Å². The van der Waals surface area contributed by atoms with Crippen LogP contribution < -0.4 is 29.2 Å². The van der Waals surface area contributed by atoms with Gasteiger partial charge in [0.25, 0.3) is 5.91 Å². The smallest absolute Gasteiger partial charge is 0.265 e. The number of hydrogen-bond acceptors (Lipinski definition) is 6. The molecule has 0 atom stereocenters. The predicted octanol–water partition coefficient (Wildman–Crippen LogP) is 5.39. The number of methoxy groups -OCH3 is 1. The van der Waals surface area contributed by atoms with Crippen LogP contribution in [0.2, 0.25) is 0 Å². The molecule has 8 heteroatoms. The molecule has 0 fully saturated rings. The molecule has 0 bridgehead atoms. The first kappa shape index (κ1) is 26.9. The van der Waals surface area contributed by atoms with Crippen LogP contribution in [0.1, 0.15) is 31.2 Å². The predicted molar refractivity (Wildman–Crippen MR) is 147 cm³/mol. The van der Waals surface area contributed by atoms with Crippen molar-refractivity contribution in [3.8, 4) is 23.0 Å². The number of ether oxygens (including phenoxy) is 4. The van der Waals surface area contributed by atoms with Gasteiger partial charge < -0.3 is 29.2 Å². The van der Waals surface area contributed by atoms with E-state index in [0.717, 1.165) is 35.7 Å². The zero-order valence-electron chi connectivity index (χ0n) is 21.9. The second kappa shape index (κ2) is 13.4. The zero-order valence-corrected chi connectivity index (χ0v) is 21.9. The lowest BCUT2D eigenvalue weighted by Crippen LogP contribution is -2.39. The van der Waals surface area contributed by atoms with Gasteiger partial charge in [0, 0.05) is 18.7 Å². The highest BCUT2D eigenvalue weighted by atomic mass is 16.5. The van der Waals surface area contributed by atoms with Gasteiger partial charge in [-0.1, -0.05) is 12.1 Å². The van der Waals surface area contributed by atoms with E-state index in [1.54, 1.807) is 30.2 Å². The van der Waals surface area contributed by atoms with Crippen molar-refractivity contribution in [2.75, 3.05) is 43.7 Å². The van der Waals surface area contributed by atoms with Crippen molar-refractivity contribution in [2.45, 2.75) is 32.6 Å². The molecule has 1 heterocycles. The average Bonchev–Trinajstić information content (AvgIpc) is 2.92. The van der Waals surface area contributed by atoms with Gasteiger partial charge in [-0.25, -0.2) is 0 Å². The molecule has 0 radical (unpaired) electrons. The highest BCUT2D eigenvalue weighted by Crippen LogP contribution is 2.35. The standard InChI is InChI=1S/C30H34N2O6/c1-22-7-5-8-26(19-22)37-17-4-3-16-32-27-20-23(10-15-28(27)38-21-30(32)34)31-29(33)9-6-18-36-25-13-11-24(35-2)12-14-25/h5,7-8,10-15,19-20H,3-4,6,9,16-18,21H2,1-2H3,(H,31,33). The highest BCUT2D eigenvalue weighted by molar-refractivity contribution is 5.99. The molecule has 200 valence electrons. The Morgan fingerprint density at radius 1 is 0.921 bits per heavy atom. The first-order valence-corrected chi connectivity index (χ1v) is 12.9. The van der Waals surface area contributed by atoms with Gasteiger partial charge in [-0.3, -0.25) is 9.59 Å². The summed E-state index contributed by atoms with van der Waals surface area (Å²) in [6, 6.07) is 20.6. The molecule has 4 rings (SSSR count). The number of rotatable bonds is 13. The van der Waals surface area contributed by atoms with E-state index < -0.39 is 0 Å². The van der Waals surface area contributed by atoms with Crippen LogP contribution in [0.4, 0.5) is 11.4 Å². The summed E-state index contributed by atoms with van der Waals surface area (Å²) in [4.78, 5) is 26.8. The van der Waals surface area contributed by atoms with Crippen LogP contribution in [0.5, 0.6) is 23.0 Å². The minimum absolute atomic E-state index is 0.00664. The zero-order chi connectivity index (χ0) is 26.7. The maximum absolute atomic E-state index is 12.6. The third-order valence-electron chi connectivity index (χ3n) is 6.10. The maximum atomic E-state index is 12.6. The summed E-state index contributed by atoms with van der Waals surface area (Å²) in [6.07, 6.45) is 2.47. The molecule has 0 aliphatic carbocycles. The van der Waals surface area contributed by atoms with Crippen molar-refractivity contribution >= 4 is 23.2 Å². The van der Waals surface area contributed by atoms with Gasteiger partial charge in [-0.2, -0.15) is 0 Å². The second-order valence-corrected chi connectivity index (χ2v) is 9.06. The summed E-state index contributed by atoms with van der Waals surface area (Å²) < 4.78 is 22.2. The molecule has 0 saturated heterocycles. The van der Waals surface area contributed by atoms with Gasteiger partial charge in [0.15, 0.2) is 6.61 Å². The first-order chi connectivity index (χ1) is 18.5. The van der Waals surface area contributed by atoms with E-state index in [2.05, 4.69) is 5.32 Å². The van der Waals surface area contributed by atoms with E-state index in [9.17, 15) is 9.59 Å². The topological polar surface area (TPSA) is 86.3 Å². The quantitative estimate of drug-likeness (QED) is 0.306. The number of nitrogens with one attached hydrogen (secondary N) is 1. The van der Waals surface area contributed by atoms with Gasteiger partial charge in [-0.05, 0) is 86.3 Å². The van der Waals surface area contributed by atoms with Crippen molar-refractivity contribution in [3.05, 3.63) is 72.3 Å². The molecular weight excluding hydrogens is 484 g/mol. The monoisotopic (exact) mass is 518 g/mol. The second-order valence-electron chi connectivity index (χ2n) is 9.06. The molecule has 0 saturated carbocycles. The van der Waals surface area contributed by atoms with Crippen LogP contribution in [0.3, 0.4) is 0 Å². The SMILES string of the molecule is COc1ccc(OCCCC(=O)Nc2ccc3c(c2)N(CCCCOc2cccc(C)c2)C(=O)CO3)cc1. The lowest BCUT2D eigenvalue weighted by molar-refractivity contribution is -0.121. The summed E-state index contributed by atoms with van der Waals surface area (Å²) in [5.74, 6) is 2.76. The number of carbonyl (C=O) groups is 2. The lowest BCUT2D eigenvalue weighted by Gasteiger charge is -2.30. The van der Waals surface area contributed by atoms with Crippen LogP contribution in [-0.4, -0.2) is 45.3 Å². The number of amides is 2. The van der Waals surface area contributed by atoms with Crippen molar-refractivity contribution in [3.63, 3.8) is 0 Å². The van der Waals surface area contributed by atoms with Crippen molar-refractivity contribution in [1.82, 2.24) is 0 Å². The number of unbranched alkanes of at least 4 members (excludes halogenated alkanes) is 1. The molecular formula is C30H34N2O6. The van der Waals surface area contributed by atoms with Crippen molar-refractivity contribution in [2.24, 2.45) is 0 Å². The normalized spacial score (nSPS) is 12.4. The Balaban J connectivity index is 1.23. The summed E-state index contributed by atoms with van der Waals surface area (Å²) in [5.41, 5.74) is 2.44. The Bertz CT molecular complexity index is 1230. The van der Waals surface area contributed by atoms with Crippen LogP contribution in [0, 0.1) is 6.92 Å². The maximum Gasteiger partial charge on any atom is 0.265 e. The molecule has 1 aliphatic heterocycles. The molecule has 2 amide bonds. The fraction of sp³-hybridized carbons (Fsp3) is 0.333. The molecule has 3 aromatic carbocycles. The number of nitrogens with zero attached hydrogens (tertiary/aromatic N) is 1. The van der Waals surface area contributed by atoms with Gasteiger partial charge in [0.1, 0.15) is 23.0 Å². The Hall–Kier alpha value is -4.20. The fourth-order valence-corrected chi connectivity index (χ4v) is 4.11. The third-order valence-corrected chi connectivity index (χ3v) is 6.10.